The number of rotatable bonds is 3. The summed E-state index contributed by atoms with van der Waals surface area (Å²) < 4.78 is 12.9. The van der Waals surface area contributed by atoms with Crippen LogP contribution < -0.4 is 10.2 Å². The average Bonchev–Trinajstić information content (AvgIpc) is 2.92. The van der Waals surface area contributed by atoms with Crippen LogP contribution >= 0.6 is 11.6 Å². The molecule has 1 saturated heterocycles. The first kappa shape index (κ1) is 15.5. The molecule has 1 atom stereocenters. The van der Waals surface area contributed by atoms with Crippen LogP contribution in [0, 0.1) is 11.7 Å². The quantitative estimate of drug-likeness (QED) is 0.935. The van der Waals surface area contributed by atoms with E-state index in [4.69, 9.17) is 11.6 Å². The van der Waals surface area contributed by atoms with E-state index in [0.717, 1.165) is 0 Å². The zero-order valence-corrected chi connectivity index (χ0v) is 12.9. The van der Waals surface area contributed by atoms with Crippen molar-refractivity contribution in [2.45, 2.75) is 6.42 Å². The molecule has 0 radical (unpaired) electrons. The van der Waals surface area contributed by atoms with Gasteiger partial charge in [-0.25, -0.2) is 4.39 Å². The highest BCUT2D eigenvalue weighted by atomic mass is 35.5. The van der Waals surface area contributed by atoms with Gasteiger partial charge < -0.3 is 10.2 Å². The molecule has 118 valence electrons. The molecule has 0 bridgehead atoms. The van der Waals surface area contributed by atoms with E-state index in [9.17, 15) is 14.0 Å². The number of anilines is 2. The summed E-state index contributed by atoms with van der Waals surface area (Å²) in [7, 11) is 0. The first-order chi connectivity index (χ1) is 11.0. The molecule has 3 rings (SSSR count). The van der Waals surface area contributed by atoms with E-state index in [1.807, 2.05) is 0 Å². The monoisotopic (exact) mass is 332 g/mol. The van der Waals surface area contributed by atoms with Crippen LogP contribution in [0.5, 0.6) is 0 Å². The molecule has 4 nitrogen and oxygen atoms in total. The molecule has 0 aliphatic carbocycles. The Hall–Kier alpha value is -2.40. The zero-order chi connectivity index (χ0) is 16.4. The smallest absolute Gasteiger partial charge is 0.229 e. The molecule has 0 spiro atoms. The lowest BCUT2D eigenvalue weighted by Crippen LogP contribution is -2.28. The van der Waals surface area contributed by atoms with Gasteiger partial charge in [0.05, 0.1) is 5.92 Å². The summed E-state index contributed by atoms with van der Waals surface area (Å²) in [6.07, 6.45) is 0.138. The lowest BCUT2D eigenvalue weighted by molar-refractivity contribution is -0.122. The lowest BCUT2D eigenvalue weighted by Gasteiger charge is -2.17. The number of nitrogens with one attached hydrogen (secondary N) is 1. The Morgan fingerprint density at radius 1 is 1.22 bits per heavy atom. The third kappa shape index (κ3) is 3.51. The molecular weight excluding hydrogens is 319 g/mol. The number of carbonyl (C=O) groups is 2. The van der Waals surface area contributed by atoms with Crippen molar-refractivity contribution in [3.05, 3.63) is 59.4 Å². The third-order valence-electron chi connectivity index (χ3n) is 3.73. The van der Waals surface area contributed by atoms with E-state index < -0.39 is 5.92 Å². The highest BCUT2D eigenvalue weighted by Crippen LogP contribution is 2.27. The molecule has 1 aliphatic rings. The van der Waals surface area contributed by atoms with E-state index in [1.54, 1.807) is 29.2 Å². The number of amides is 2. The van der Waals surface area contributed by atoms with E-state index in [0.29, 0.717) is 22.9 Å². The minimum Gasteiger partial charge on any atom is -0.326 e. The normalized spacial score (nSPS) is 17.4. The van der Waals surface area contributed by atoms with Gasteiger partial charge in [-0.05, 0) is 42.5 Å². The number of halogens is 2. The molecule has 0 unspecified atom stereocenters. The maximum absolute atomic E-state index is 12.9. The van der Waals surface area contributed by atoms with Crippen molar-refractivity contribution in [2.24, 2.45) is 5.92 Å². The Bertz CT molecular complexity index is 749. The standard InChI is InChI=1S/C17H14ClFN2O2/c18-12-2-1-3-15(9-12)21-10-11(8-16(21)22)17(23)20-14-6-4-13(19)5-7-14/h1-7,9,11H,8,10H2,(H,20,23)/t11-/m0/s1. The number of carbonyl (C=O) groups excluding carboxylic acids is 2. The van der Waals surface area contributed by atoms with Gasteiger partial charge in [0.1, 0.15) is 5.82 Å². The van der Waals surface area contributed by atoms with Crippen molar-refractivity contribution in [1.29, 1.82) is 0 Å². The van der Waals surface area contributed by atoms with Crippen LogP contribution in [-0.4, -0.2) is 18.4 Å². The van der Waals surface area contributed by atoms with Gasteiger partial charge in [-0.2, -0.15) is 0 Å². The topological polar surface area (TPSA) is 49.4 Å². The van der Waals surface area contributed by atoms with Gasteiger partial charge in [0, 0.05) is 29.4 Å². The van der Waals surface area contributed by atoms with Gasteiger partial charge in [-0.15, -0.1) is 0 Å². The number of hydrogen-bond acceptors (Lipinski definition) is 2. The molecule has 6 heteroatoms. The average molecular weight is 333 g/mol. The van der Waals surface area contributed by atoms with Crippen LogP contribution in [-0.2, 0) is 9.59 Å². The summed E-state index contributed by atoms with van der Waals surface area (Å²) in [6.45, 7) is 0.298. The highest BCUT2D eigenvalue weighted by Gasteiger charge is 2.35. The summed E-state index contributed by atoms with van der Waals surface area (Å²) in [5.41, 5.74) is 1.18. The Morgan fingerprint density at radius 2 is 1.96 bits per heavy atom. The molecule has 2 aromatic rings. The first-order valence-electron chi connectivity index (χ1n) is 7.15. The fourth-order valence-corrected chi connectivity index (χ4v) is 2.74. The van der Waals surface area contributed by atoms with Gasteiger partial charge in [0.15, 0.2) is 0 Å². The predicted octanol–water partition coefficient (Wildman–Crippen LogP) is 3.47. The van der Waals surface area contributed by atoms with Crippen LogP contribution in [0.25, 0.3) is 0 Å². The second kappa shape index (κ2) is 6.38. The van der Waals surface area contributed by atoms with Crippen molar-refractivity contribution in [3.8, 4) is 0 Å². The fourth-order valence-electron chi connectivity index (χ4n) is 2.55. The molecule has 1 N–H and O–H groups in total. The predicted molar refractivity (Wildman–Crippen MR) is 86.9 cm³/mol. The van der Waals surface area contributed by atoms with Gasteiger partial charge in [-0.1, -0.05) is 17.7 Å². The van der Waals surface area contributed by atoms with E-state index in [2.05, 4.69) is 5.32 Å². The third-order valence-corrected chi connectivity index (χ3v) is 3.96. The molecule has 0 saturated carbocycles. The van der Waals surface area contributed by atoms with Crippen LogP contribution in [0.3, 0.4) is 0 Å². The van der Waals surface area contributed by atoms with E-state index >= 15 is 0 Å². The Balaban J connectivity index is 1.69. The molecule has 1 heterocycles. The molecule has 0 aromatic heterocycles. The van der Waals surface area contributed by atoms with Gasteiger partial charge in [-0.3, -0.25) is 9.59 Å². The van der Waals surface area contributed by atoms with E-state index in [-0.39, 0.29) is 24.1 Å². The van der Waals surface area contributed by atoms with Crippen molar-refractivity contribution in [3.63, 3.8) is 0 Å². The zero-order valence-electron chi connectivity index (χ0n) is 12.1. The largest absolute Gasteiger partial charge is 0.326 e. The second-order valence-electron chi connectivity index (χ2n) is 5.38. The van der Waals surface area contributed by atoms with Gasteiger partial charge >= 0.3 is 0 Å². The second-order valence-corrected chi connectivity index (χ2v) is 5.82. The number of benzene rings is 2. The lowest BCUT2D eigenvalue weighted by atomic mass is 10.1. The maximum atomic E-state index is 12.9. The molecule has 2 amide bonds. The van der Waals surface area contributed by atoms with Gasteiger partial charge in [0.25, 0.3) is 0 Å². The van der Waals surface area contributed by atoms with Crippen LogP contribution in [0.15, 0.2) is 48.5 Å². The van der Waals surface area contributed by atoms with E-state index in [1.165, 1.54) is 24.3 Å². The number of hydrogen-bond donors (Lipinski definition) is 1. The SMILES string of the molecule is O=C(Nc1ccc(F)cc1)[C@H]1CC(=O)N(c2cccc(Cl)c2)C1. The molecule has 1 fully saturated rings. The van der Waals surface area contributed by atoms with Crippen molar-refractivity contribution >= 4 is 34.8 Å². The summed E-state index contributed by atoms with van der Waals surface area (Å²) in [5, 5.41) is 3.24. The molecule has 1 aliphatic heterocycles. The Labute approximate surface area is 137 Å². The van der Waals surface area contributed by atoms with Crippen LogP contribution in [0.1, 0.15) is 6.42 Å². The maximum Gasteiger partial charge on any atom is 0.229 e. The summed E-state index contributed by atoms with van der Waals surface area (Å²) in [4.78, 5) is 26.0. The molecular formula is C17H14ClFN2O2. The van der Waals surface area contributed by atoms with Gasteiger partial charge in [0.2, 0.25) is 11.8 Å². The van der Waals surface area contributed by atoms with Crippen molar-refractivity contribution < 1.29 is 14.0 Å². The Morgan fingerprint density at radius 3 is 2.65 bits per heavy atom. The number of nitrogens with zero attached hydrogens (tertiary/aromatic N) is 1. The summed E-state index contributed by atoms with van der Waals surface area (Å²) >= 11 is 5.94. The fraction of sp³-hybridized carbons (Fsp3) is 0.176. The van der Waals surface area contributed by atoms with Crippen molar-refractivity contribution in [1.82, 2.24) is 0 Å². The van der Waals surface area contributed by atoms with Crippen molar-refractivity contribution in [2.75, 3.05) is 16.8 Å². The minimum absolute atomic E-state index is 0.119. The Kier molecular flexibility index (Phi) is 4.30. The summed E-state index contributed by atoms with van der Waals surface area (Å²) in [5.74, 6) is -1.20. The van der Waals surface area contributed by atoms with Crippen LogP contribution in [0.2, 0.25) is 5.02 Å². The molecule has 2 aromatic carbocycles. The molecule has 23 heavy (non-hydrogen) atoms. The van der Waals surface area contributed by atoms with Crippen LogP contribution in [0.4, 0.5) is 15.8 Å². The minimum atomic E-state index is -0.452. The first-order valence-corrected chi connectivity index (χ1v) is 7.53. The highest BCUT2D eigenvalue weighted by molar-refractivity contribution is 6.31. The summed E-state index contributed by atoms with van der Waals surface area (Å²) in [6, 6.07) is 12.5.